The highest BCUT2D eigenvalue weighted by molar-refractivity contribution is 6.30. The van der Waals surface area contributed by atoms with Crippen LogP contribution in [0.25, 0.3) is 0 Å². The second kappa shape index (κ2) is 4.74. The largest absolute Gasteiger partial charge is 0.333 e. The molecule has 2 fully saturated rings. The highest BCUT2D eigenvalue weighted by Crippen LogP contribution is 2.41. The van der Waals surface area contributed by atoms with Gasteiger partial charge in [-0.05, 0) is 56.4 Å². The summed E-state index contributed by atoms with van der Waals surface area (Å²) in [6, 6.07) is 5.51. The lowest BCUT2D eigenvalue weighted by molar-refractivity contribution is 0.0602. The van der Waals surface area contributed by atoms with Crippen LogP contribution < -0.4 is 5.32 Å². The Hall–Kier alpha value is -1.06. The molecule has 3 rings (SSSR count). The number of fused-ring (bicyclic) bond motifs is 1. The predicted molar refractivity (Wildman–Crippen MR) is 81.2 cm³/mol. The predicted octanol–water partition coefficient (Wildman–Crippen LogP) is 2.72. The van der Waals surface area contributed by atoms with Crippen LogP contribution in [-0.2, 0) is 0 Å². The van der Waals surface area contributed by atoms with Gasteiger partial charge in [-0.3, -0.25) is 4.79 Å². The van der Waals surface area contributed by atoms with E-state index < -0.39 is 0 Å². The van der Waals surface area contributed by atoms with Gasteiger partial charge in [0, 0.05) is 35.8 Å². The van der Waals surface area contributed by atoms with Crippen molar-refractivity contribution >= 4 is 17.5 Å². The second-order valence-corrected chi connectivity index (χ2v) is 6.99. The number of aryl methyl sites for hydroxylation is 1. The maximum absolute atomic E-state index is 12.9. The molecule has 0 saturated carbocycles. The van der Waals surface area contributed by atoms with Gasteiger partial charge in [0.2, 0.25) is 0 Å². The normalized spacial score (nSPS) is 27.7. The summed E-state index contributed by atoms with van der Waals surface area (Å²) in [7, 11) is 0. The van der Waals surface area contributed by atoms with Crippen molar-refractivity contribution < 1.29 is 4.79 Å². The molecule has 0 aliphatic carbocycles. The Morgan fingerprint density at radius 3 is 2.80 bits per heavy atom. The summed E-state index contributed by atoms with van der Waals surface area (Å²) in [5.41, 5.74) is 1.64. The summed E-state index contributed by atoms with van der Waals surface area (Å²) >= 11 is 5.98. The number of benzene rings is 1. The van der Waals surface area contributed by atoms with Crippen molar-refractivity contribution in [3.8, 4) is 0 Å². The molecule has 0 radical (unpaired) electrons. The van der Waals surface area contributed by atoms with Crippen LogP contribution in [0.5, 0.6) is 0 Å². The van der Waals surface area contributed by atoms with E-state index in [1.807, 2.05) is 19.1 Å². The Balaban J connectivity index is 1.91. The van der Waals surface area contributed by atoms with E-state index in [9.17, 15) is 4.79 Å². The standard InChI is InChI=1S/C16H21ClN2O/c1-10-6-12(17)4-5-13(10)15(20)19-9-11-7-18-8-14(11)16(19,2)3/h4-6,11,14,18H,7-9H2,1-3H3. The monoisotopic (exact) mass is 292 g/mol. The zero-order valence-electron chi connectivity index (χ0n) is 12.2. The maximum Gasteiger partial charge on any atom is 0.254 e. The molecule has 1 aromatic carbocycles. The number of hydrogen-bond donors (Lipinski definition) is 1. The summed E-state index contributed by atoms with van der Waals surface area (Å²) in [5, 5.41) is 4.12. The maximum atomic E-state index is 12.9. The van der Waals surface area contributed by atoms with Crippen LogP contribution in [0.1, 0.15) is 29.8 Å². The molecule has 2 aliphatic heterocycles. The molecule has 108 valence electrons. The van der Waals surface area contributed by atoms with Crippen LogP contribution in [0.4, 0.5) is 0 Å². The van der Waals surface area contributed by atoms with Gasteiger partial charge in [-0.15, -0.1) is 0 Å². The van der Waals surface area contributed by atoms with Crippen molar-refractivity contribution in [2.75, 3.05) is 19.6 Å². The minimum Gasteiger partial charge on any atom is -0.333 e. The summed E-state index contributed by atoms with van der Waals surface area (Å²) in [5.74, 6) is 1.28. The van der Waals surface area contributed by atoms with Gasteiger partial charge in [0.05, 0.1) is 0 Å². The topological polar surface area (TPSA) is 32.3 Å². The van der Waals surface area contributed by atoms with Gasteiger partial charge in [-0.25, -0.2) is 0 Å². The first-order valence-electron chi connectivity index (χ1n) is 7.20. The molecule has 0 aromatic heterocycles. The first-order chi connectivity index (χ1) is 9.41. The Kier molecular flexibility index (Phi) is 3.30. The van der Waals surface area contributed by atoms with Crippen molar-refractivity contribution in [3.63, 3.8) is 0 Å². The Labute approximate surface area is 125 Å². The third-order valence-electron chi connectivity index (χ3n) is 5.02. The summed E-state index contributed by atoms with van der Waals surface area (Å²) in [6.07, 6.45) is 0. The fourth-order valence-corrected chi connectivity index (χ4v) is 4.01. The second-order valence-electron chi connectivity index (χ2n) is 6.55. The van der Waals surface area contributed by atoms with Gasteiger partial charge in [0.15, 0.2) is 0 Å². The van der Waals surface area contributed by atoms with Crippen LogP contribution in [0, 0.1) is 18.8 Å². The van der Waals surface area contributed by atoms with Gasteiger partial charge < -0.3 is 10.2 Å². The summed E-state index contributed by atoms with van der Waals surface area (Å²) < 4.78 is 0. The molecule has 1 N–H and O–H groups in total. The van der Waals surface area contributed by atoms with Crippen LogP contribution >= 0.6 is 11.6 Å². The SMILES string of the molecule is Cc1cc(Cl)ccc1C(=O)N1CC2CNCC2C1(C)C. The van der Waals surface area contributed by atoms with Crippen molar-refractivity contribution in [2.24, 2.45) is 11.8 Å². The molecule has 2 saturated heterocycles. The van der Waals surface area contributed by atoms with E-state index >= 15 is 0 Å². The van der Waals surface area contributed by atoms with E-state index in [4.69, 9.17) is 11.6 Å². The number of amides is 1. The van der Waals surface area contributed by atoms with E-state index in [1.54, 1.807) is 6.07 Å². The molecule has 2 aliphatic rings. The zero-order chi connectivity index (χ0) is 14.5. The molecule has 20 heavy (non-hydrogen) atoms. The number of carbonyl (C=O) groups is 1. The van der Waals surface area contributed by atoms with E-state index in [-0.39, 0.29) is 11.4 Å². The van der Waals surface area contributed by atoms with E-state index in [0.29, 0.717) is 16.9 Å². The van der Waals surface area contributed by atoms with Crippen LogP contribution in [-0.4, -0.2) is 36.0 Å². The average Bonchev–Trinajstić information content (AvgIpc) is 2.91. The molecule has 1 aromatic rings. The number of nitrogens with zero attached hydrogens (tertiary/aromatic N) is 1. The number of nitrogens with one attached hydrogen (secondary N) is 1. The van der Waals surface area contributed by atoms with Crippen LogP contribution in [0.3, 0.4) is 0 Å². The molecular formula is C16H21ClN2O. The minimum absolute atomic E-state index is 0.0860. The Morgan fingerprint density at radius 1 is 1.40 bits per heavy atom. The van der Waals surface area contributed by atoms with Gasteiger partial charge in [0.25, 0.3) is 5.91 Å². The van der Waals surface area contributed by atoms with Crippen molar-refractivity contribution in [2.45, 2.75) is 26.3 Å². The molecular weight excluding hydrogens is 272 g/mol. The Morgan fingerprint density at radius 2 is 2.15 bits per heavy atom. The third kappa shape index (κ3) is 2.04. The van der Waals surface area contributed by atoms with Gasteiger partial charge >= 0.3 is 0 Å². The molecule has 4 heteroatoms. The molecule has 0 spiro atoms. The fourth-order valence-electron chi connectivity index (χ4n) is 3.78. The summed E-state index contributed by atoms with van der Waals surface area (Å²) in [6.45, 7) is 9.22. The number of hydrogen-bond acceptors (Lipinski definition) is 2. The van der Waals surface area contributed by atoms with Gasteiger partial charge in [0.1, 0.15) is 0 Å². The molecule has 3 nitrogen and oxygen atoms in total. The van der Waals surface area contributed by atoms with E-state index in [2.05, 4.69) is 24.1 Å². The summed E-state index contributed by atoms with van der Waals surface area (Å²) in [4.78, 5) is 14.9. The first-order valence-corrected chi connectivity index (χ1v) is 7.58. The lowest BCUT2D eigenvalue weighted by Crippen LogP contribution is -2.47. The first kappa shape index (κ1) is 13.9. The third-order valence-corrected chi connectivity index (χ3v) is 5.26. The quantitative estimate of drug-likeness (QED) is 0.863. The molecule has 2 heterocycles. The van der Waals surface area contributed by atoms with Crippen molar-refractivity contribution in [1.82, 2.24) is 10.2 Å². The number of likely N-dealkylation sites (tertiary alicyclic amines) is 1. The van der Waals surface area contributed by atoms with Crippen LogP contribution in [0.15, 0.2) is 18.2 Å². The lowest BCUT2D eigenvalue weighted by Gasteiger charge is -2.36. The number of carbonyl (C=O) groups excluding carboxylic acids is 1. The zero-order valence-corrected chi connectivity index (χ0v) is 13.0. The van der Waals surface area contributed by atoms with Gasteiger partial charge in [-0.1, -0.05) is 11.6 Å². The van der Waals surface area contributed by atoms with Crippen LogP contribution in [0.2, 0.25) is 5.02 Å². The molecule has 1 amide bonds. The highest BCUT2D eigenvalue weighted by Gasteiger charge is 2.51. The Bertz CT molecular complexity index is 555. The molecule has 0 bridgehead atoms. The molecule has 2 atom stereocenters. The number of rotatable bonds is 1. The minimum atomic E-state index is -0.0860. The highest BCUT2D eigenvalue weighted by atomic mass is 35.5. The average molecular weight is 293 g/mol. The van der Waals surface area contributed by atoms with E-state index in [0.717, 1.165) is 30.8 Å². The fraction of sp³-hybridized carbons (Fsp3) is 0.562. The van der Waals surface area contributed by atoms with Crippen molar-refractivity contribution in [1.29, 1.82) is 0 Å². The van der Waals surface area contributed by atoms with E-state index in [1.165, 1.54) is 0 Å². The lowest BCUT2D eigenvalue weighted by atomic mass is 9.84. The van der Waals surface area contributed by atoms with Gasteiger partial charge in [-0.2, -0.15) is 0 Å². The van der Waals surface area contributed by atoms with Crippen molar-refractivity contribution in [3.05, 3.63) is 34.3 Å². The number of halogens is 1. The molecule has 2 unspecified atom stereocenters. The smallest absolute Gasteiger partial charge is 0.254 e.